The Labute approximate surface area is 146 Å². The maximum Gasteiger partial charge on any atom is 0.250 e. The van der Waals surface area contributed by atoms with Gasteiger partial charge >= 0.3 is 0 Å². The molecule has 0 bridgehead atoms. The van der Waals surface area contributed by atoms with E-state index in [0.717, 1.165) is 5.56 Å². The Kier molecular flexibility index (Phi) is 3.50. The molecule has 4 N–H and O–H groups in total. The molecule has 2 aromatic heterocycles. The van der Waals surface area contributed by atoms with Crippen LogP contribution in [0.4, 0.5) is 4.39 Å². The second-order valence-electron chi connectivity index (χ2n) is 5.98. The Morgan fingerprint density at radius 1 is 1.15 bits per heavy atom. The van der Waals surface area contributed by atoms with E-state index in [1.807, 2.05) is 0 Å². The number of carbonyl (C=O) groups is 1. The average Bonchev–Trinajstić information content (AvgIpc) is 2.93. The Morgan fingerprint density at radius 3 is 2.58 bits per heavy atom. The summed E-state index contributed by atoms with van der Waals surface area (Å²) >= 11 is 0. The SMILES string of the molecule is NC(=O)c1c2cccnc2c(O)c2c(O)n(Cc3ccc(F)cc3)cc12. The van der Waals surface area contributed by atoms with Crippen LogP contribution in [0.1, 0.15) is 15.9 Å². The standard InChI is InChI=1S/C19H14FN3O3/c20-11-5-3-10(4-6-11)8-23-9-13-14(18(21)25)12-2-1-7-22-16(12)17(24)15(13)19(23)26/h1-7,9,24,26H,8H2,(H2,21,25). The Hall–Kier alpha value is -3.61. The summed E-state index contributed by atoms with van der Waals surface area (Å²) in [6.07, 6.45) is 3.02. The number of nitrogens with zero attached hydrogens (tertiary/aromatic N) is 2. The molecule has 7 heteroatoms. The lowest BCUT2D eigenvalue weighted by Crippen LogP contribution is -2.12. The van der Waals surface area contributed by atoms with Crippen LogP contribution in [0.3, 0.4) is 0 Å². The van der Waals surface area contributed by atoms with Gasteiger partial charge in [0.25, 0.3) is 0 Å². The zero-order valence-corrected chi connectivity index (χ0v) is 13.5. The van der Waals surface area contributed by atoms with Gasteiger partial charge in [0.2, 0.25) is 11.8 Å². The topological polar surface area (TPSA) is 101 Å². The van der Waals surface area contributed by atoms with Crippen molar-refractivity contribution in [1.82, 2.24) is 9.55 Å². The van der Waals surface area contributed by atoms with Crippen LogP contribution < -0.4 is 5.73 Å². The number of rotatable bonds is 3. The normalized spacial score (nSPS) is 11.3. The summed E-state index contributed by atoms with van der Waals surface area (Å²) in [6, 6.07) is 9.09. The van der Waals surface area contributed by atoms with Crippen LogP contribution in [-0.4, -0.2) is 25.7 Å². The quantitative estimate of drug-likeness (QED) is 0.528. The van der Waals surface area contributed by atoms with Crippen LogP contribution in [0.5, 0.6) is 11.6 Å². The number of aromatic hydroxyl groups is 2. The van der Waals surface area contributed by atoms with E-state index in [-0.39, 0.29) is 40.5 Å². The maximum absolute atomic E-state index is 13.1. The minimum Gasteiger partial charge on any atom is -0.505 e. The third kappa shape index (κ3) is 2.33. The van der Waals surface area contributed by atoms with E-state index in [1.165, 1.54) is 22.9 Å². The molecular weight excluding hydrogens is 337 g/mol. The molecule has 0 aliphatic carbocycles. The second kappa shape index (κ2) is 5.73. The summed E-state index contributed by atoms with van der Waals surface area (Å²) in [4.78, 5) is 16.1. The molecule has 1 amide bonds. The second-order valence-corrected chi connectivity index (χ2v) is 5.98. The average molecular weight is 351 g/mol. The molecule has 0 radical (unpaired) electrons. The van der Waals surface area contributed by atoms with Crippen molar-refractivity contribution in [2.24, 2.45) is 5.73 Å². The van der Waals surface area contributed by atoms with E-state index >= 15 is 0 Å². The molecule has 4 rings (SSSR count). The highest BCUT2D eigenvalue weighted by molar-refractivity contribution is 6.20. The van der Waals surface area contributed by atoms with Gasteiger partial charge in [-0.25, -0.2) is 4.39 Å². The number of primary amides is 1. The lowest BCUT2D eigenvalue weighted by molar-refractivity contribution is 0.100. The van der Waals surface area contributed by atoms with E-state index in [2.05, 4.69) is 4.98 Å². The molecule has 26 heavy (non-hydrogen) atoms. The molecule has 0 saturated carbocycles. The Balaban J connectivity index is 2.00. The van der Waals surface area contributed by atoms with E-state index < -0.39 is 5.91 Å². The summed E-state index contributed by atoms with van der Waals surface area (Å²) in [7, 11) is 0. The molecule has 0 aliphatic heterocycles. The Bertz CT molecular complexity index is 1170. The summed E-state index contributed by atoms with van der Waals surface area (Å²) in [5, 5.41) is 22.0. The zero-order valence-electron chi connectivity index (χ0n) is 13.5. The number of halogens is 1. The van der Waals surface area contributed by atoms with Crippen LogP contribution in [0, 0.1) is 5.82 Å². The van der Waals surface area contributed by atoms with Crippen molar-refractivity contribution in [2.75, 3.05) is 0 Å². The number of aromatic nitrogens is 2. The number of fused-ring (bicyclic) bond motifs is 2. The van der Waals surface area contributed by atoms with Gasteiger partial charge in [0.05, 0.1) is 17.5 Å². The number of amides is 1. The summed E-state index contributed by atoms with van der Waals surface area (Å²) in [5.41, 5.74) is 6.64. The van der Waals surface area contributed by atoms with Crippen molar-refractivity contribution < 1.29 is 19.4 Å². The highest BCUT2D eigenvalue weighted by atomic mass is 19.1. The van der Waals surface area contributed by atoms with E-state index in [9.17, 15) is 19.4 Å². The number of hydrogen-bond donors (Lipinski definition) is 3. The first-order chi connectivity index (χ1) is 12.5. The minimum atomic E-state index is -0.688. The molecule has 2 heterocycles. The summed E-state index contributed by atoms with van der Waals surface area (Å²) in [5.74, 6) is -1.50. The van der Waals surface area contributed by atoms with Crippen LogP contribution in [0.2, 0.25) is 0 Å². The molecule has 0 atom stereocenters. The molecular formula is C19H14FN3O3. The number of hydrogen-bond acceptors (Lipinski definition) is 4. The van der Waals surface area contributed by atoms with Gasteiger partial charge in [-0.15, -0.1) is 0 Å². The number of carbonyl (C=O) groups excluding carboxylic acids is 1. The molecule has 0 unspecified atom stereocenters. The summed E-state index contributed by atoms with van der Waals surface area (Å²) < 4.78 is 14.5. The molecule has 130 valence electrons. The third-order valence-electron chi connectivity index (χ3n) is 4.37. The lowest BCUT2D eigenvalue weighted by atomic mass is 10.0. The van der Waals surface area contributed by atoms with E-state index in [1.54, 1.807) is 30.5 Å². The molecule has 0 spiro atoms. The Morgan fingerprint density at radius 2 is 1.88 bits per heavy atom. The van der Waals surface area contributed by atoms with Gasteiger partial charge in [0, 0.05) is 23.2 Å². The van der Waals surface area contributed by atoms with E-state index in [4.69, 9.17) is 5.73 Å². The minimum absolute atomic E-state index is 0.104. The highest BCUT2D eigenvalue weighted by Crippen LogP contribution is 2.42. The van der Waals surface area contributed by atoms with Crippen molar-refractivity contribution in [1.29, 1.82) is 0 Å². The van der Waals surface area contributed by atoms with Crippen LogP contribution in [-0.2, 0) is 6.54 Å². The van der Waals surface area contributed by atoms with Crippen LogP contribution in [0.15, 0.2) is 48.8 Å². The molecule has 0 aliphatic rings. The summed E-state index contributed by atoms with van der Waals surface area (Å²) in [6.45, 7) is 0.224. The van der Waals surface area contributed by atoms with Crippen molar-refractivity contribution in [3.63, 3.8) is 0 Å². The molecule has 0 fully saturated rings. The van der Waals surface area contributed by atoms with Gasteiger partial charge in [-0.3, -0.25) is 9.78 Å². The smallest absolute Gasteiger partial charge is 0.250 e. The molecule has 6 nitrogen and oxygen atoms in total. The highest BCUT2D eigenvalue weighted by Gasteiger charge is 2.23. The first kappa shape index (κ1) is 15.9. The number of phenolic OH excluding ortho intramolecular Hbond substituents is 1. The zero-order chi connectivity index (χ0) is 18.4. The molecule has 0 saturated heterocycles. The largest absolute Gasteiger partial charge is 0.505 e. The first-order valence-electron chi connectivity index (χ1n) is 7.83. The van der Waals surface area contributed by atoms with Gasteiger partial charge < -0.3 is 20.5 Å². The lowest BCUT2D eigenvalue weighted by Gasteiger charge is -2.07. The number of nitrogens with two attached hydrogens (primary N) is 1. The number of phenols is 1. The molecule has 2 aromatic carbocycles. The van der Waals surface area contributed by atoms with Crippen molar-refractivity contribution >= 4 is 27.6 Å². The fourth-order valence-electron chi connectivity index (χ4n) is 3.20. The fraction of sp³-hybridized carbons (Fsp3) is 0.0526. The van der Waals surface area contributed by atoms with Gasteiger partial charge in [-0.2, -0.15) is 0 Å². The predicted octanol–water partition coefficient (Wildman–Crippen LogP) is 2.89. The van der Waals surface area contributed by atoms with Crippen molar-refractivity contribution in [2.45, 2.75) is 6.54 Å². The monoisotopic (exact) mass is 351 g/mol. The predicted molar refractivity (Wildman–Crippen MR) is 94.6 cm³/mol. The van der Waals surface area contributed by atoms with Gasteiger partial charge in [-0.05, 0) is 23.8 Å². The molecule has 4 aromatic rings. The van der Waals surface area contributed by atoms with Gasteiger partial charge in [-0.1, -0.05) is 18.2 Å². The number of pyridine rings is 1. The third-order valence-corrected chi connectivity index (χ3v) is 4.37. The van der Waals surface area contributed by atoms with Crippen molar-refractivity contribution in [3.05, 3.63) is 65.7 Å². The fourth-order valence-corrected chi connectivity index (χ4v) is 3.20. The maximum atomic E-state index is 13.1. The van der Waals surface area contributed by atoms with Gasteiger partial charge in [0.1, 0.15) is 11.3 Å². The van der Waals surface area contributed by atoms with Crippen LogP contribution in [0.25, 0.3) is 21.7 Å². The van der Waals surface area contributed by atoms with Crippen molar-refractivity contribution in [3.8, 4) is 11.6 Å². The van der Waals surface area contributed by atoms with E-state index in [0.29, 0.717) is 10.8 Å². The number of benzene rings is 2. The van der Waals surface area contributed by atoms with Gasteiger partial charge in [0.15, 0.2) is 5.75 Å². The first-order valence-corrected chi connectivity index (χ1v) is 7.83. The van der Waals surface area contributed by atoms with Crippen LogP contribution >= 0.6 is 0 Å².